The number of carbonyl (C=O) groups excluding carboxylic acids is 1. The fourth-order valence-electron chi connectivity index (χ4n) is 2.07. The predicted molar refractivity (Wildman–Crippen MR) is 68.7 cm³/mol. The van der Waals surface area contributed by atoms with Crippen LogP contribution in [0.25, 0.3) is 0 Å². The van der Waals surface area contributed by atoms with Gasteiger partial charge in [0, 0.05) is 19.6 Å². The zero-order chi connectivity index (χ0) is 13.7. The van der Waals surface area contributed by atoms with Crippen molar-refractivity contribution in [3.05, 3.63) is 29.6 Å². The van der Waals surface area contributed by atoms with Gasteiger partial charge in [0.25, 0.3) is 0 Å². The summed E-state index contributed by atoms with van der Waals surface area (Å²) in [4.78, 5) is 28.3. The number of pyridine rings is 1. The van der Waals surface area contributed by atoms with E-state index in [4.69, 9.17) is 5.11 Å². The average molecular weight is 263 g/mol. The molecule has 2 rings (SSSR count). The maximum absolute atomic E-state index is 11.8. The molecule has 1 aromatic heterocycles. The van der Waals surface area contributed by atoms with Gasteiger partial charge in [-0.25, -0.2) is 9.78 Å². The number of carboxylic acid groups (broad SMARTS) is 1. The smallest absolute Gasteiger partial charge is 0.354 e. The van der Waals surface area contributed by atoms with Crippen LogP contribution < -0.4 is 5.32 Å². The maximum Gasteiger partial charge on any atom is 0.354 e. The van der Waals surface area contributed by atoms with Gasteiger partial charge in [0.2, 0.25) is 5.91 Å². The predicted octanol–water partition coefficient (Wildman–Crippen LogP) is 0.492. The average Bonchev–Trinajstić information content (AvgIpc) is 2.93. The fraction of sp³-hybridized carbons (Fsp3) is 0.462. The molecule has 1 amide bonds. The maximum atomic E-state index is 11.8. The second-order valence-corrected chi connectivity index (χ2v) is 4.51. The summed E-state index contributed by atoms with van der Waals surface area (Å²) in [6.07, 6.45) is 2.15. The molecule has 0 unspecified atom stereocenters. The Labute approximate surface area is 111 Å². The second-order valence-electron chi connectivity index (χ2n) is 4.51. The van der Waals surface area contributed by atoms with Crippen LogP contribution in [-0.4, -0.2) is 46.5 Å². The van der Waals surface area contributed by atoms with Crippen LogP contribution >= 0.6 is 0 Å². The van der Waals surface area contributed by atoms with E-state index in [2.05, 4.69) is 10.3 Å². The number of carbonyl (C=O) groups is 2. The van der Waals surface area contributed by atoms with Gasteiger partial charge in [-0.3, -0.25) is 4.79 Å². The monoisotopic (exact) mass is 263 g/mol. The lowest BCUT2D eigenvalue weighted by molar-refractivity contribution is -0.129. The first kappa shape index (κ1) is 13.5. The number of amides is 1. The van der Waals surface area contributed by atoms with Crippen molar-refractivity contribution in [3.63, 3.8) is 0 Å². The molecular weight excluding hydrogens is 246 g/mol. The van der Waals surface area contributed by atoms with E-state index >= 15 is 0 Å². The lowest BCUT2D eigenvalue weighted by Crippen LogP contribution is -2.36. The highest BCUT2D eigenvalue weighted by Gasteiger charge is 2.17. The highest BCUT2D eigenvalue weighted by Crippen LogP contribution is 2.06. The number of aromatic nitrogens is 1. The van der Waals surface area contributed by atoms with Gasteiger partial charge in [0.1, 0.15) is 5.69 Å². The van der Waals surface area contributed by atoms with E-state index < -0.39 is 5.97 Å². The van der Waals surface area contributed by atoms with Crippen molar-refractivity contribution in [2.75, 3.05) is 19.6 Å². The number of hydrogen-bond donors (Lipinski definition) is 2. The van der Waals surface area contributed by atoms with Gasteiger partial charge in [-0.05, 0) is 25.0 Å². The van der Waals surface area contributed by atoms with Gasteiger partial charge in [-0.15, -0.1) is 0 Å². The molecule has 2 heterocycles. The lowest BCUT2D eigenvalue weighted by atomic mass is 10.3. The summed E-state index contributed by atoms with van der Waals surface area (Å²) in [7, 11) is 0. The third kappa shape index (κ3) is 3.75. The van der Waals surface area contributed by atoms with Crippen LogP contribution in [0.5, 0.6) is 0 Å². The molecule has 0 bridgehead atoms. The van der Waals surface area contributed by atoms with Crippen molar-refractivity contribution in [1.82, 2.24) is 15.2 Å². The first-order chi connectivity index (χ1) is 9.16. The molecule has 102 valence electrons. The van der Waals surface area contributed by atoms with Crippen LogP contribution in [0.2, 0.25) is 0 Å². The first-order valence-corrected chi connectivity index (χ1v) is 6.34. The summed E-state index contributed by atoms with van der Waals surface area (Å²) in [6, 6.07) is 4.83. The highest BCUT2D eigenvalue weighted by atomic mass is 16.4. The molecule has 0 aliphatic carbocycles. The molecule has 1 aliphatic rings. The molecule has 6 heteroatoms. The van der Waals surface area contributed by atoms with Crippen LogP contribution in [0.3, 0.4) is 0 Å². The summed E-state index contributed by atoms with van der Waals surface area (Å²) in [6.45, 7) is 2.33. The van der Waals surface area contributed by atoms with E-state index in [0.717, 1.165) is 25.9 Å². The van der Waals surface area contributed by atoms with Crippen molar-refractivity contribution in [3.8, 4) is 0 Å². The van der Waals surface area contributed by atoms with Gasteiger partial charge in [-0.1, -0.05) is 6.07 Å². The number of nitrogens with one attached hydrogen (secondary N) is 1. The first-order valence-electron chi connectivity index (χ1n) is 6.34. The molecule has 0 radical (unpaired) electrons. The van der Waals surface area contributed by atoms with Crippen LogP contribution in [0.1, 0.15) is 29.0 Å². The molecule has 1 saturated heterocycles. The fourth-order valence-corrected chi connectivity index (χ4v) is 2.07. The zero-order valence-corrected chi connectivity index (χ0v) is 10.6. The molecule has 0 spiro atoms. The van der Waals surface area contributed by atoms with Crippen molar-refractivity contribution in [2.24, 2.45) is 0 Å². The zero-order valence-electron chi connectivity index (χ0n) is 10.6. The minimum atomic E-state index is -1.05. The Morgan fingerprint density at radius 2 is 2.05 bits per heavy atom. The lowest BCUT2D eigenvalue weighted by Gasteiger charge is -2.15. The standard InChI is InChI=1S/C13H17N3O3/c17-12(16-6-1-2-7-16)9-14-8-10-4-3-5-11(15-10)13(18)19/h3-5,14H,1-2,6-9H2,(H,18,19). The van der Waals surface area contributed by atoms with E-state index in [1.165, 1.54) is 6.07 Å². The molecule has 1 fully saturated rings. The Bertz CT molecular complexity index is 470. The molecular formula is C13H17N3O3. The molecule has 0 atom stereocenters. The summed E-state index contributed by atoms with van der Waals surface area (Å²) >= 11 is 0. The number of carboxylic acids is 1. The van der Waals surface area contributed by atoms with E-state index in [9.17, 15) is 9.59 Å². The molecule has 1 aliphatic heterocycles. The molecule has 6 nitrogen and oxygen atoms in total. The van der Waals surface area contributed by atoms with Gasteiger partial charge in [0.15, 0.2) is 0 Å². The number of aromatic carboxylic acids is 1. The highest BCUT2D eigenvalue weighted by molar-refractivity contribution is 5.85. The molecule has 0 saturated carbocycles. The van der Waals surface area contributed by atoms with Crippen molar-refractivity contribution >= 4 is 11.9 Å². The van der Waals surface area contributed by atoms with E-state index in [1.807, 2.05) is 4.90 Å². The van der Waals surface area contributed by atoms with Crippen LogP contribution in [0, 0.1) is 0 Å². The van der Waals surface area contributed by atoms with E-state index in [0.29, 0.717) is 12.2 Å². The topological polar surface area (TPSA) is 82.5 Å². The van der Waals surface area contributed by atoms with Crippen LogP contribution in [0.4, 0.5) is 0 Å². The Balaban J connectivity index is 1.80. The Morgan fingerprint density at radius 3 is 2.74 bits per heavy atom. The molecule has 2 N–H and O–H groups in total. The number of hydrogen-bond acceptors (Lipinski definition) is 4. The van der Waals surface area contributed by atoms with E-state index in [-0.39, 0.29) is 18.1 Å². The van der Waals surface area contributed by atoms with Gasteiger partial charge < -0.3 is 15.3 Å². The SMILES string of the molecule is O=C(O)c1cccc(CNCC(=O)N2CCCC2)n1. The van der Waals surface area contributed by atoms with Crippen LogP contribution in [-0.2, 0) is 11.3 Å². The number of rotatable bonds is 5. The van der Waals surface area contributed by atoms with Crippen LogP contribution in [0.15, 0.2) is 18.2 Å². The van der Waals surface area contributed by atoms with Gasteiger partial charge >= 0.3 is 5.97 Å². The minimum Gasteiger partial charge on any atom is -0.477 e. The normalized spacial score (nSPS) is 14.6. The number of likely N-dealkylation sites (tertiary alicyclic amines) is 1. The second kappa shape index (κ2) is 6.29. The quantitative estimate of drug-likeness (QED) is 0.808. The third-order valence-corrected chi connectivity index (χ3v) is 3.07. The van der Waals surface area contributed by atoms with Gasteiger partial charge in [0.05, 0.1) is 12.2 Å². The Morgan fingerprint density at radius 1 is 1.32 bits per heavy atom. The number of nitrogens with zero attached hydrogens (tertiary/aromatic N) is 2. The largest absolute Gasteiger partial charge is 0.477 e. The Hall–Kier alpha value is -1.95. The van der Waals surface area contributed by atoms with Gasteiger partial charge in [-0.2, -0.15) is 0 Å². The summed E-state index contributed by atoms with van der Waals surface area (Å²) in [5.41, 5.74) is 0.638. The molecule has 19 heavy (non-hydrogen) atoms. The molecule has 1 aromatic rings. The van der Waals surface area contributed by atoms with E-state index in [1.54, 1.807) is 12.1 Å². The molecule has 0 aromatic carbocycles. The minimum absolute atomic E-state index is 0.0187. The van der Waals surface area contributed by atoms with Crippen molar-refractivity contribution in [2.45, 2.75) is 19.4 Å². The van der Waals surface area contributed by atoms with Crippen molar-refractivity contribution in [1.29, 1.82) is 0 Å². The Kier molecular flexibility index (Phi) is 4.46. The van der Waals surface area contributed by atoms with Crippen molar-refractivity contribution < 1.29 is 14.7 Å². The third-order valence-electron chi connectivity index (χ3n) is 3.07. The summed E-state index contributed by atoms with van der Waals surface area (Å²) in [5, 5.41) is 11.8. The summed E-state index contributed by atoms with van der Waals surface area (Å²) < 4.78 is 0. The summed E-state index contributed by atoms with van der Waals surface area (Å²) in [5.74, 6) is -0.957.